The number of hydrogen-bond acceptors (Lipinski definition) is 7. The third-order valence-corrected chi connectivity index (χ3v) is 6.36. The van der Waals surface area contributed by atoms with Crippen molar-refractivity contribution < 1.29 is 23.8 Å². The zero-order valence-corrected chi connectivity index (χ0v) is 20.1. The van der Waals surface area contributed by atoms with Crippen LogP contribution in [0.15, 0.2) is 51.9 Å². The van der Waals surface area contributed by atoms with Gasteiger partial charge in [0.25, 0.3) is 0 Å². The van der Waals surface area contributed by atoms with E-state index < -0.39 is 6.09 Å². The number of benzene rings is 2. The lowest BCUT2D eigenvalue weighted by Crippen LogP contribution is -2.46. The molecule has 3 aromatic rings. The van der Waals surface area contributed by atoms with Gasteiger partial charge in [-0.2, -0.15) is 0 Å². The third-order valence-electron chi connectivity index (χ3n) is 6.36. The fraction of sp³-hybridized carbons (Fsp3) is 0.385. The van der Waals surface area contributed by atoms with Crippen LogP contribution in [0.4, 0.5) is 16.2 Å². The summed E-state index contributed by atoms with van der Waals surface area (Å²) >= 11 is 0. The van der Waals surface area contributed by atoms with Gasteiger partial charge in [0.05, 0.1) is 25.9 Å². The van der Waals surface area contributed by atoms with Gasteiger partial charge in [0, 0.05) is 49.2 Å². The Labute approximate surface area is 203 Å². The Hall–Kier alpha value is -3.72. The quantitative estimate of drug-likeness (QED) is 0.441. The van der Waals surface area contributed by atoms with Crippen LogP contribution in [0.5, 0.6) is 11.5 Å². The summed E-state index contributed by atoms with van der Waals surface area (Å²) < 4.78 is 16.3. The molecular weight excluding hydrogens is 450 g/mol. The normalized spacial score (nSPS) is 14.2. The molecule has 1 saturated heterocycles. The first-order valence-corrected chi connectivity index (χ1v) is 11.7. The van der Waals surface area contributed by atoms with Crippen molar-refractivity contribution in [1.82, 2.24) is 4.90 Å². The molecule has 1 amide bonds. The van der Waals surface area contributed by atoms with Gasteiger partial charge in [0.2, 0.25) is 0 Å². The van der Waals surface area contributed by atoms with E-state index in [1.165, 1.54) is 0 Å². The number of hydrogen-bond donors (Lipinski definition) is 2. The molecule has 9 heteroatoms. The Morgan fingerprint density at radius 2 is 1.80 bits per heavy atom. The Morgan fingerprint density at radius 1 is 1.06 bits per heavy atom. The van der Waals surface area contributed by atoms with E-state index in [1.807, 2.05) is 18.2 Å². The van der Waals surface area contributed by atoms with Crippen LogP contribution in [0.1, 0.15) is 18.4 Å². The molecule has 4 rings (SSSR count). The minimum atomic E-state index is -1.06. The number of fused-ring (bicyclic) bond motifs is 1. The predicted molar refractivity (Wildman–Crippen MR) is 135 cm³/mol. The van der Waals surface area contributed by atoms with E-state index in [4.69, 9.17) is 19.0 Å². The predicted octanol–water partition coefficient (Wildman–Crippen LogP) is 4.05. The zero-order valence-electron chi connectivity index (χ0n) is 20.1. The minimum absolute atomic E-state index is 0.0274. The monoisotopic (exact) mass is 481 g/mol. The van der Waals surface area contributed by atoms with Crippen molar-refractivity contribution in [3.63, 3.8) is 0 Å². The molecule has 1 aliphatic heterocycles. The van der Waals surface area contributed by atoms with Crippen molar-refractivity contribution in [1.29, 1.82) is 0 Å². The molecule has 2 heterocycles. The van der Waals surface area contributed by atoms with Crippen LogP contribution in [-0.2, 0) is 6.42 Å². The Bertz CT molecular complexity index is 1230. The first-order chi connectivity index (χ1) is 17.0. The molecule has 0 saturated carbocycles. The number of carboxylic acid groups (broad SMARTS) is 1. The van der Waals surface area contributed by atoms with Crippen LogP contribution in [0.25, 0.3) is 11.0 Å². The van der Waals surface area contributed by atoms with Gasteiger partial charge in [-0.1, -0.05) is 6.07 Å². The first kappa shape index (κ1) is 24.4. The summed E-state index contributed by atoms with van der Waals surface area (Å²) in [7, 11) is 3.09. The van der Waals surface area contributed by atoms with Crippen LogP contribution in [0.2, 0.25) is 0 Å². The van der Waals surface area contributed by atoms with Crippen molar-refractivity contribution >= 4 is 28.4 Å². The summed E-state index contributed by atoms with van der Waals surface area (Å²) in [4.78, 5) is 28.5. The first-order valence-electron chi connectivity index (χ1n) is 11.7. The number of nitrogens with zero attached hydrogens (tertiary/aromatic N) is 2. The average Bonchev–Trinajstić information content (AvgIpc) is 2.87. The topological polar surface area (TPSA) is 104 Å². The van der Waals surface area contributed by atoms with Crippen LogP contribution in [0.3, 0.4) is 0 Å². The highest BCUT2D eigenvalue weighted by Gasteiger charge is 2.18. The second-order valence-electron chi connectivity index (χ2n) is 8.56. The molecule has 1 aromatic heterocycles. The average molecular weight is 482 g/mol. The zero-order chi connectivity index (χ0) is 24.8. The molecule has 0 unspecified atom stereocenters. The van der Waals surface area contributed by atoms with Crippen molar-refractivity contribution in [3.8, 4) is 11.5 Å². The summed E-state index contributed by atoms with van der Waals surface area (Å²) in [5.41, 5.74) is 2.73. The summed E-state index contributed by atoms with van der Waals surface area (Å²) in [6, 6.07) is 10.8. The highest BCUT2D eigenvalue weighted by molar-refractivity contribution is 5.84. The number of nitrogens with one attached hydrogen (secondary N) is 1. The van der Waals surface area contributed by atoms with E-state index in [1.54, 1.807) is 38.7 Å². The van der Waals surface area contributed by atoms with E-state index in [0.29, 0.717) is 40.1 Å². The Morgan fingerprint density at radius 3 is 2.51 bits per heavy atom. The van der Waals surface area contributed by atoms with Crippen LogP contribution < -0.4 is 25.1 Å². The fourth-order valence-electron chi connectivity index (χ4n) is 4.45. The molecule has 2 aromatic carbocycles. The molecule has 1 fully saturated rings. The molecular formula is C26H31N3O6. The molecule has 0 aliphatic carbocycles. The maximum Gasteiger partial charge on any atom is 0.409 e. The molecule has 0 radical (unpaired) electrons. The molecule has 2 N–H and O–H groups in total. The molecule has 0 atom stereocenters. The van der Waals surface area contributed by atoms with Gasteiger partial charge in [-0.3, -0.25) is 15.0 Å². The van der Waals surface area contributed by atoms with E-state index in [0.717, 1.165) is 51.3 Å². The number of aryl methyl sites for hydroxylation is 1. The number of amides is 1. The molecule has 9 nitrogen and oxygen atoms in total. The highest BCUT2D eigenvalue weighted by atomic mass is 16.5. The van der Waals surface area contributed by atoms with Crippen LogP contribution in [0, 0.1) is 0 Å². The lowest BCUT2D eigenvalue weighted by atomic mass is 10.1. The van der Waals surface area contributed by atoms with Gasteiger partial charge in [-0.15, -0.1) is 0 Å². The largest absolute Gasteiger partial charge is 0.493 e. The Balaban J connectivity index is 1.27. The smallest absolute Gasteiger partial charge is 0.409 e. The van der Waals surface area contributed by atoms with Gasteiger partial charge >= 0.3 is 6.09 Å². The number of ether oxygens (including phenoxy) is 2. The molecule has 0 spiro atoms. The van der Waals surface area contributed by atoms with Gasteiger partial charge in [0.15, 0.2) is 16.9 Å². The standard InChI is InChI=1S/C26H31N3O6/c1-33-23-15-21-22(16-24(23)34-2)35-17-18(25(21)30)6-3-4-9-28-10-12-29(13-11-28)20-8-5-7-19(14-20)27-26(31)32/h5,7-8,14-17,27H,3-4,6,9-13H2,1-2H3,(H,31,32). The molecule has 0 bridgehead atoms. The number of methoxy groups -OCH3 is 2. The second kappa shape index (κ2) is 11.1. The summed E-state index contributed by atoms with van der Waals surface area (Å²) in [6.07, 6.45) is 3.04. The fourth-order valence-corrected chi connectivity index (χ4v) is 4.45. The highest BCUT2D eigenvalue weighted by Crippen LogP contribution is 2.31. The van der Waals surface area contributed by atoms with Gasteiger partial charge in [0.1, 0.15) is 5.58 Å². The van der Waals surface area contributed by atoms with E-state index in [-0.39, 0.29) is 5.43 Å². The van der Waals surface area contributed by atoms with Crippen molar-refractivity contribution in [2.75, 3.05) is 57.2 Å². The number of unbranched alkanes of at least 4 members (excludes halogenated alkanes) is 1. The molecule has 186 valence electrons. The summed E-state index contributed by atoms with van der Waals surface area (Å²) in [5, 5.41) is 11.8. The molecule has 35 heavy (non-hydrogen) atoms. The van der Waals surface area contributed by atoms with Crippen molar-refractivity contribution in [3.05, 3.63) is 58.4 Å². The molecule has 1 aliphatic rings. The van der Waals surface area contributed by atoms with Gasteiger partial charge < -0.3 is 23.9 Å². The second-order valence-corrected chi connectivity index (χ2v) is 8.56. The maximum absolute atomic E-state index is 12.9. The lowest BCUT2D eigenvalue weighted by molar-refractivity contribution is 0.209. The van der Waals surface area contributed by atoms with E-state index in [2.05, 4.69) is 15.1 Å². The SMILES string of the molecule is COc1cc2occ(CCCCN3CCN(c4cccc(NC(=O)O)c4)CC3)c(=O)c2cc1OC. The van der Waals surface area contributed by atoms with Gasteiger partial charge in [-0.05, 0) is 50.1 Å². The van der Waals surface area contributed by atoms with Gasteiger partial charge in [-0.25, -0.2) is 4.79 Å². The number of rotatable bonds is 9. The third kappa shape index (κ3) is 5.86. The van der Waals surface area contributed by atoms with Crippen LogP contribution in [-0.4, -0.2) is 63.0 Å². The Kier molecular flexibility index (Phi) is 7.77. The number of anilines is 2. The lowest BCUT2D eigenvalue weighted by Gasteiger charge is -2.36. The maximum atomic E-state index is 12.9. The van der Waals surface area contributed by atoms with Crippen molar-refractivity contribution in [2.45, 2.75) is 19.3 Å². The number of piperazine rings is 1. The summed E-state index contributed by atoms with van der Waals surface area (Å²) in [5.74, 6) is 1.04. The van der Waals surface area contributed by atoms with E-state index in [9.17, 15) is 9.59 Å². The summed E-state index contributed by atoms with van der Waals surface area (Å²) in [6.45, 7) is 4.62. The van der Waals surface area contributed by atoms with Crippen LogP contribution >= 0.6 is 0 Å². The van der Waals surface area contributed by atoms with Crippen molar-refractivity contribution in [2.24, 2.45) is 0 Å². The minimum Gasteiger partial charge on any atom is -0.493 e. The van der Waals surface area contributed by atoms with E-state index >= 15 is 0 Å². The number of carbonyl (C=O) groups is 1.